The Labute approximate surface area is 111 Å². The van der Waals surface area contributed by atoms with Gasteiger partial charge in [0.2, 0.25) is 11.0 Å². The summed E-state index contributed by atoms with van der Waals surface area (Å²) >= 11 is 1.12. The van der Waals surface area contributed by atoms with Crippen LogP contribution in [0.1, 0.15) is 17.3 Å². The van der Waals surface area contributed by atoms with E-state index < -0.39 is 11.7 Å². The van der Waals surface area contributed by atoms with Crippen LogP contribution in [-0.2, 0) is 4.79 Å². The maximum Gasteiger partial charge on any atom is 0.260 e. The van der Waals surface area contributed by atoms with Crippen molar-refractivity contribution in [2.45, 2.75) is 6.92 Å². The van der Waals surface area contributed by atoms with Crippen LogP contribution in [0.2, 0.25) is 0 Å². The molecule has 8 heteroatoms. The highest BCUT2D eigenvalue weighted by atomic mass is 32.1. The summed E-state index contributed by atoms with van der Waals surface area (Å²) in [6.07, 6.45) is 0. The number of carbonyl (C=O) groups is 2. The maximum absolute atomic E-state index is 13.6. The van der Waals surface area contributed by atoms with Gasteiger partial charge in [0, 0.05) is 12.6 Å². The minimum Gasteiger partial charge on any atom is -0.326 e. The van der Waals surface area contributed by atoms with Gasteiger partial charge in [-0.25, -0.2) is 4.39 Å². The first kappa shape index (κ1) is 13.1. The zero-order valence-electron chi connectivity index (χ0n) is 9.81. The second-order valence-corrected chi connectivity index (χ2v) is 4.41. The van der Waals surface area contributed by atoms with E-state index in [9.17, 15) is 14.0 Å². The van der Waals surface area contributed by atoms with Gasteiger partial charge in [0.25, 0.3) is 5.91 Å². The number of nitrogens with one attached hydrogen (secondary N) is 2. The van der Waals surface area contributed by atoms with Crippen molar-refractivity contribution >= 4 is 34.0 Å². The third-order valence-electron chi connectivity index (χ3n) is 2.11. The average Bonchev–Trinajstić information content (AvgIpc) is 2.83. The number of nitrogens with zero attached hydrogens (tertiary/aromatic N) is 2. The van der Waals surface area contributed by atoms with Crippen LogP contribution in [0.15, 0.2) is 23.7 Å². The standard InChI is InChI=1S/C11H9FN4O2S/c1-6(17)14-7-2-3-9(12)8(4-7)10(18)15-11-16-13-5-19-11/h2-5H,1H3,(H,14,17)(H,15,16,18). The number of amides is 2. The van der Waals surface area contributed by atoms with Crippen molar-refractivity contribution in [3.05, 3.63) is 35.1 Å². The van der Waals surface area contributed by atoms with E-state index in [1.807, 2.05) is 0 Å². The molecule has 1 aromatic heterocycles. The number of carbonyl (C=O) groups excluding carboxylic acids is 2. The Bertz CT molecular complexity index is 615. The molecule has 2 aromatic rings. The molecule has 6 nitrogen and oxygen atoms in total. The van der Waals surface area contributed by atoms with Crippen molar-refractivity contribution in [3.8, 4) is 0 Å². The van der Waals surface area contributed by atoms with Crippen LogP contribution in [0.25, 0.3) is 0 Å². The first-order valence-electron chi connectivity index (χ1n) is 5.21. The summed E-state index contributed by atoms with van der Waals surface area (Å²) in [4.78, 5) is 22.8. The van der Waals surface area contributed by atoms with Gasteiger partial charge in [0.05, 0.1) is 5.56 Å². The highest BCUT2D eigenvalue weighted by Crippen LogP contribution is 2.17. The Hall–Kier alpha value is -2.35. The van der Waals surface area contributed by atoms with E-state index in [2.05, 4.69) is 20.8 Å². The van der Waals surface area contributed by atoms with E-state index in [0.29, 0.717) is 5.69 Å². The molecular formula is C11H9FN4O2S. The van der Waals surface area contributed by atoms with Crippen molar-refractivity contribution in [2.24, 2.45) is 0 Å². The molecule has 19 heavy (non-hydrogen) atoms. The van der Waals surface area contributed by atoms with E-state index >= 15 is 0 Å². The van der Waals surface area contributed by atoms with Gasteiger partial charge >= 0.3 is 0 Å². The normalized spacial score (nSPS) is 10.0. The third kappa shape index (κ3) is 3.32. The van der Waals surface area contributed by atoms with Crippen LogP contribution in [0.3, 0.4) is 0 Å². The number of anilines is 2. The number of aromatic nitrogens is 2. The molecule has 2 N–H and O–H groups in total. The number of hydrogen-bond donors (Lipinski definition) is 2. The first-order chi connectivity index (χ1) is 9.06. The molecular weight excluding hydrogens is 271 g/mol. The van der Waals surface area contributed by atoms with Gasteiger partial charge in [-0.05, 0) is 18.2 Å². The number of benzene rings is 1. The SMILES string of the molecule is CC(=O)Nc1ccc(F)c(C(=O)Nc2nncs2)c1. The lowest BCUT2D eigenvalue weighted by molar-refractivity contribution is -0.114. The Morgan fingerprint density at radius 3 is 2.74 bits per heavy atom. The molecule has 0 bridgehead atoms. The van der Waals surface area contributed by atoms with Crippen molar-refractivity contribution in [1.29, 1.82) is 0 Å². The molecule has 0 aliphatic carbocycles. The van der Waals surface area contributed by atoms with E-state index in [0.717, 1.165) is 17.4 Å². The molecule has 0 atom stereocenters. The zero-order chi connectivity index (χ0) is 13.8. The highest BCUT2D eigenvalue weighted by molar-refractivity contribution is 7.13. The van der Waals surface area contributed by atoms with E-state index in [1.54, 1.807) is 0 Å². The topological polar surface area (TPSA) is 84.0 Å². The molecule has 0 unspecified atom stereocenters. The highest BCUT2D eigenvalue weighted by Gasteiger charge is 2.14. The van der Waals surface area contributed by atoms with Crippen molar-refractivity contribution in [1.82, 2.24) is 10.2 Å². The minimum atomic E-state index is -0.684. The summed E-state index contributed by atoms with van der Waals surface area (Å²) in [5, 5.41) is 12.3. The Balaban J connectivity index is 2.22. The molecule has 2 rings (SSSR count). The summed E-state index contributed by atoms with van der Waals surface area (Å²) in [5.41, 5.74) is 1.61. The lowest BCUT2D eigenvalue weighted by Gasteiger charge is -2.06. The van der Waals surface area contributed by atoms with Crippen LogP contribution in [0.4, 0.5) is 15.2 Å². The minimum absolute atomic E-state index is 0.179. The van der Waals surface area contributed by atoms with Gasteiger partial charge in [-0.1, -0.05) is 11.3 Å². The first-order valence-corrected chi connectivity index (χ1v) is 6.09. The molecule has 0 saturated carbocycles. The fourth-order valence-corrected chi connectivity index (χ4v) is 1.81. The fourth-order valence-electron chi connectivity index (χ4n) is 1.37. The monoisotopic (exact) mass is 280 g/mol. The maximum atomic E-state index is 13.6. The number of halogens is 1. The average molecular weight is 280 g/mol. The number of rotatable bonds is 3. The second kappa shape index (κ2) is 5.53. The predicted molar refractivity (Wildman–Crippen MR) is 68.6 cm³/mol. The lowest BCUT2D eigenvalue weighted by atomic mass is 10.1. The Morgan fingerprint density at radius 1 is 1.32 bits per heavy atom. The van der Waals surface area contributed by atoms with Crippen LogP contribution >= 0.6 is 11.3 Å². The molecule has 0 spiro atoms. The molecule has 0 saturated heterocycles. The van der Waals surface area contributed by atoms with Gasteiger partial charge in [0.15, 0.2) is 0 Å². The second-order valence-electron chi connectivity index (χ2n) is 3.57. The molecule has 2 amide bonds. The molecule has 98 valence electrons. The molecule has 1 heterocycles. The summed E-state index contributed by atoms with van der Waals surface area (Å²) in [7, 11) is 0. The molecule has 0 aliphatic heterocycles. The van der Waals surface area contributed by atoms with Crippen LogP contribution in [0.5, 0.6) is 0 Å². The fraction of sp³-hybridized carbons (Fsp3) is 0.0909. The molecule has 0 aliphatic rings. The van der Waals surface area contributed by atoms with Crippen LogP contribution in [-0.4, -0.2) is 22.0 Å². The van der Waals surface area contributed by atoms with E-state index in [1.165, 1.54) is 24.6 Å². The van der Waals surface area contributed by atoms with Crippen molar-refractivity contribution < 1.29 is 14.0 Å². The molecule has 0 radical (unpaired) electrons. The summed E-state index contributed by atoms with van der Waals surface area (Å²) in [6, 6.07) is 3.74. The van der Waals surface area contributed by atoms with Gasteiger partial charge < -0.3 is 5.32 Å². The van der Waals surface area contributed by atoms with Crippen molar-refractivity contribution in [2.75, 3.05) is 10.6 Å². The zero-order valence-corrected chi connectivity index (χ0v) is 10.6. The van der Waals surface area contributed by atoms with E-state index in [4.69, 9.17) is 0 Å². The smallest absolute Gasteiger partial charge is 0.260 e. The predicted octanol–water partition coefficient (Wildman–Crippen LogP) is 1.89. The largest absolute Gasteiger partial charge is 0.326 e. The van der Waals surface area contributed by atoms with Crippen LogP contribution < -0.4 is 10.6 Å². The van der Waals surface area contributed by atoms with Crippen molar-refractivity contribution in [3.63, 3.8) is 0 Å². The summed E-state index contributed by atoms with van der Waals surface area (Å²) in [6.45, 7) is 1.32. The van der Waals surface area contributed by atoms with Gasteiger partial charge in [0.1, 0.15) is 11.3 Å². The van der Waals surface area contributed by atoms with Gasteiger partial charge in [-0.3, -0.25) is 14.9 Å². The summed E-state index contributed by atoms with van der Waals surface area (Å²) < 4.78 is 13.6. The Morgan fingerprint density at radius 2 is 2.11 bits per heavy atom. The molecule has 1 aromatic carbocycles. The van der Waals surface area contributed by atoms with Gasteiger partial charge in [-0.15, -0.1) is 10.2 Å². The van der Waals surface area contributed by atoms with Crippen LogP contribution in [0, 0.1) is 5.82 Å². The lowest BCUT2D eigenvalue weighted by Crippen LogP contribution is -2.15. The number of hydrogen-bond acceptors (Lipinski definition) is 5. The molecule has 0 fully saturated rings. The van der Waals surface area contributed by atoms with E-state index in [-0.39, 0.29) is 16.6 Å². The summed E-state index contributed by atoms with van der Waals surface area (Å²) in [5.74, 6) is -1.64. The quantitative estimate of drug-likeness (QED) is 0.899. The van der Waals surface area contributed by atoms with Gasteiger partial charge in [-0.2, -0.15) is 0 Å². The Kier molecular flexibility index (Phi) is 3.81. The third-order valence-corrected chi connectivity index (χ3v) is 2.72.